The molecule has 8 nitrogen and oxygen atoms in total. The van der Waals surface area contributed by atoms with Gasteiger partial charge in [-0.1, -0.05) is 0 Å². The minimum absolute atomic E-state index is 0.104. The van der Waals surface area contributed by atoms with E-state index < -0.39 is 30.0 Å². The van der Waals surface area contributed by atoms with Crippen LogP contribution in [0, 0.1) is 10.1 Å². The van der Waals surface area contributed by atoms with E-state index in [1.807, 2.05) is 0 Å². The van der Waals surface area contributed by atoms with Crippen molar-refractivity contribution in [2.75, 3.05) is 13.1 Å². The molecule has 1 amide bonds. The Morgan fingerprint density at radius 1 is 1.69 bits per heavy atom. The van der Waals surface area contributed by atoms with E-state index in [0.717, 1.165) is 12.3 Å². The Labute approximate surface area is 94.9 Å². The third-order valence-corrected chi connectivity index (χ3v) is 1.56. The van der Waals surface area contributed by atoms with E-state index in [0.29, 0.717) is 0 Å². The molecule has 0 unspecified atom stereocenters. The predicted octanol–water partition coefficient (Wildman–Crippen LogP) is 0.974. The van der Waals surface area contributed by atoms with Crippen LogP contribution in [0.5, 0.6) is 0 Å². The van der Waals surface area contributed by atoms with Gasteiger partial charge in [0, 0.05) is 0 Å². The first-order valence-electron chi connectivity index (χ1n) is 5.96. The molecule has 16 heavy (non-hydrogen) atoms. The summed E-state index contributed by atoms with van der Waals surface area (Å²) in [5.74, 6) is -0.651. The summed E-state index contributed by atoms with van der Waals surface area (Å²) >= 11 is 0. The molecule has 1 aliphatic heterocycles. The highest BCUT2D eigenvalue weighted by molar-refractivity contribution is 5.78. The largest absolute Gasteiger partial charge is 0.446 e. The number of carbonyl (C=O) groups is 1. The molecule has 0 aromatic carbocycles. The van der Waals surface area contributed by atoms with Crippen LogP contribution in [-0.4, -0.2) is 35.3 Å². The van der Waals surface area contributed by atoms with Crippen molar-refractivity contribution in [3.8, 4) is 0 Å². The monoisotopic (exact) mass is 229 g/mol. The lowest BCUT2D eigenvalue weighted by molar-refractivity contribution is -0.402. The summed E-state index contributed by atoms with van der Waals surface area (Å²) in [6.45, 7) is -5.68. The molecule has 0 atom stereocenters. The van der Waals surface area contributed by atoms with E-state index in [2.05, 4.69) is 9.84 Å². The second kappa shape index (κ2) is 4.01. The number of furan rings is 1. The molecular weight excluding hydrogens is 218 g/mol. The van der Waals surface area contributed by atoms with Crippen LogP contribution in [0.2, 0.25) is 0 Å². The second-order valence-electron chi connectivity index (χ2n) is 2.57. The number of nitro groups is 1. The lowest BCUT2D eigenvalue weighted by atomic mass is 10.5. The summed E-state index contributed by atoms with van der Waals surface area (Å²) in [4.78, 5) is 20.9. The molecule has 0 aliphatic carbocycles. The van der Waals surface area contributed by atoms with Crippen LogP contribution in [-0.2, 0) is 4.74 Å². The molecule has 2 rings (SSSR count). The van der Waals surface area contributed by atoms with Gasteiger partial charge in [0.25, 0.3) is 0 Å². The van der Waals surface area contributed by atoms with Gasteiger partial charge < -0.3 is 9.15 Å². The van der Waals surface area contributed by atoms with Gasteiger partial charge in [0.1, 0.15) is 11.5 Å². The quantitative estimate of drug-likeness (QED) is 0.437. The summed E-state index contributed by atoms with van der Waals surface area (Å²) < 4.78 is 38.2. The molecule has 1 fully saturated rings. The molecule has 1 saturated heterocycles. The first-order chi connectivity index (χ1) is 9.15. The van der Waals surface area contributed by atoms with Gasteiger partial charge >= 0.3 is 12.0 Å². The number of hydrazone groups is 1. The van der Waals surface area contributed by atoms with Crippen LogP contribution in [0.25, 0.3) is 0 Å². The molecule has 0 radical (unpaired) electrons. The third kappa shape index (κ3) is 2.00. The topological polar surface area (TPSA) is 98.2 Å². The molecule has 0 saturated carbocycles. The van der Waals surface area contributed by atoms with Gasteiger partial charge in [-0.15, -0.1) is 0 Å². The minimum Gasteiger partial charge on any atom is -0.446 e. The Morgan fingerprint density at radius 2 is 2.50 bits per heavy atom. The average molecular weight is 229 g/mol. The molecule has 1 aromatic heterocycles. The highest BCUT2D eigenvalue weighted by Crippen LogP contribution is 2.14. The van der Waals surface area contributed by atoms with Crippen LogP contribution in [0.4, 0.5) is 10.7 Å². The molecule has 2 heterocycles. The molecular formula is C8H7N3O5. The SMILES string of the molecule is [2H]C1([2H])OC(=O)N(N=Cc2ccc([N+](=O)[O-])o2)C1([2H])[2H]. The van der Waals surface area contributed by atoms with Crippen molar-refractivity contribution in [2.45, 2.75) is 0 Å². The standard InChI is InChI=1S/C8H7N3O5/c12-8-10(3-4-15-8)9-5-6-1-2-7(16-6)11(13)14/h1-2,5H,3-4H2/i3D2,4D2. The first-order valence-corrected chi connectivity index (χ1v) is 3.96. The fourth-order valence-corrected chi connectivity index (χ4v) is 0.899. The molecule has 8 heteroatoms. The van der Waals surface area contributed by atoms with Crippen molar-refractivity contribution < 1.29 is 24.4 Å². The van der Waals surface area contributed by atoms with Crippen molar-refractivity contribution in [1.29, 1.82) is 0 Å². The molecule has 0 bridgehead atoms. The Balaban J connectivity index is 2.22. The molecule has 1 aromatic rings. The lowest BCUT2D eigenvalue weighted by Gasteiger charge is -2.01. The summed E-state index contributed by atoms with van der Waals surface area (Å²) in [5, 5.41) is 13.9. The zero-order valence-electron chi connectivity index (χ0n) is 11.6. The summed E-state index contributed by atoms with van der Waals surface area (Å²) in [7, 11) is 0. The van der Waals surface area contributed by atoms with E-state index in [1.165, 1.54) is 6.07 Å². The molecule has 1 aliphatic rings. The number of cyclic esters (lactones) is 1. The van der Waals surface area contributed by atoms with Crippen molar-refractivity contribution >= 4 is 18.2 Å². The predicted molar refractivity (Wildman–Crippen MR) is 51.0 cm³/mol. The second-order valence-corrected chi connectivity index (χ2v) is 2.57. The molecule has 0 N–H and O–H groups in total. The highest BCUT2D eigenvalue weighted by atomic mass is 16.6. The zero-order chi connectivity index (χ0) is 15.1. The number of rotatable bonds is 3. The van der Waals surface area contributed by atoms with Crippen molar-refractivity contribution in [3.63, 3.8) is 0 Å². The lowest BCUT2D eigenvalue weighted by Crippen LogP contribution is -2.17. The maximum Gasteiger partial charge on any atom is 0.433 e. The Hall–Kier alpha value is -2.38. The summed E-state index contributed by atoms with van der Waals surface area (Å²) in [5.41, 5.74) is 0. The maximum absolute atomic E-state index is 11.3. The number of carbonyl (C=O) groups excluding carboxylic acids is 1. The van der Waals surface area contributed by atoms with Crippen molar-refractivity contribution in [2.24, 2.45) is 5.10 Å². The smallest absolute Gasteiger partial charge is 0.433 e. The first kappa shape index (κ1) is 6.26. The highest BCUT2D eigenvalue weighted by Gasteiger charge is 2.20. The zero-order valence-corrected chi connectivity index (χ0v) is 7.61. The van der Waals surface area contributed by atoms with Crippen LogP contribution < -0.4 is 0 Å². The molecule has 0 spiro atoms. The minimum atomic E-state index is -2.86. The van der Waals surface area contributed by atoms with Gasteiger partial charge in [-0.3, -0.25) is 10.1 Å². The number of amides is 1. The number of nitrogens with zero attached hydrogens (tertiary/aromatic N) is 3. The molecule has 84 valence electrons. The van der Waals surface area contributed by atoms with E-state index in [-0.39, 0.29) is 10.8 Å². The normalized spacial score (nSPS) is 25.8. The van der Waals surface area contributed by atoms with Gasteiger partial charge in [0.05, 0.1) is 24.3 Å². The number of hydrogen-bond acceptors (Lipinski definition) is 6. The van der Waals surface area contributed by atoms with E-state index in [9.17, 15) is 14.9 Å². The summed E-state index contributed by atoms with van der Waals surface area (Å²) in [6.07, 6.45) is -0.481. The number of hydrogen-bond donors (Lipinski definition) is 0. The van der Waals surface area contributed by atoms with Crippen LogP contribution in [0.1, 0.15) is 11.2 Å². The van der Waals surface area contributed by atoms with Gasteiger partial charge in [-0.2, -0.15) is 10.1 Å². The number of ether oxygens (including phenoxy) is 1. The van der Waals surface area contributed by atoms with Gasteiger partial charge in [0.2, 0.25) is 0 Å². The Morgan fingerprint density at radius 3 is 3.06 bits per heavy atom. The van der Waals surface area contributed by atoms with Gasteiger partial charge in [-0.05, 0) is 6.07 Å². The van der Waals surface area contributed by atoms with Crippen molar-refractivity contribution in [1.82, 2.24) is 5.01 Å². The van der Waals surface area contributed by atoms with Crippen LogP contribution in [0.15, 0.2) is 21.7 Å². The Kier molecular flexibility index (Phi) is 1.57. The fraction of sp³-hybridized carbons (Fsp3) is 0.250. The summed E-state index contributed by atoms with van der Waals surface area (Å²) in [6, 6.07) is 2.24. The van der Waals surface area contributed by atoms with E-state index in [1.54, 1.807) is 0 Å². The average Bonchev–Trinajstić information content (AvgIpc) is 2.81. The van der Waals surface area contributed by atoms with E-state index >= 15 is 0 Å². The Bertz CT molecular complexity index is 599. The third-order valence-electron chi connectivity index (χ3n) is 1.56. The van der Waals surface area contributed by atoms with Gasteiger partial charge in [0.15, 0.2) is 5.76 Å². The maximum atomic E-state index is 11.3. The fourth-order valence-electron chi connectivity index (χ4n) is 0.899. The van der Waals surface area contributed by atoms with Crippen LogP contribution in [0.3, 0.4) is 0 Å². The van der Waals surface area contributed by atoms with E-state index in [4.69, 9.17) is 9.90 Å². The van der Waals surface area contributed by atoms with Gasteiger partial charge in [-0.25, -0.2) is 4.79 Å². The van der Waals surface area contributed by atoms with Crippen molar-refractivity contribution in [3.05, 3.63) is 28.0 Å². The van der Waals surface area contributed by atoms with Crippen LogP contribution >= 0.6 is 0 Å².